The van der Waals surface area contributed by atoms with Crippen molar-refractivity contribution in [2.24, 2.45) is 5.92 Å². The number of amides is 1. The summed E-state index contributed by atoms with van der Waals surface area (Å²) in [4.78, 5) is 70.4. The number of aliphatic hydroxyl groups excluding tert-OH is 2. The molecule has 0 radical (unpaired) electrons. The van der Waals surface area contributed by atoms with Gasteiger partial charge in [-0.25, -0.2) is 23.7 Å². The van der Waals surface area contributed by atoms with Crippen molar-refractivity contribution in [1.82, 2.24) is 14.9 Å². The van der Waals surface area contributed by atoms with Crippen LogP contribution in [0, 0.1) is 5.92 Å². The first-order chi connectivity index (χ1) is 20.1. The number of anilines is 1. The van der Waals surface area contributed by atoms with E-state index in [1.165, 1.54) is 19.2 Å². The number of nitrogens with two attached hydrogens (primary N) is 1. The Kier molecular flexibility index (Phi) is 10.7. The highest BCUT2D eigenvalue weighted by molar-refractivity contribution is 7.58. The molecule has 43 heavy (non-hydrogen) atoms. The second-order valence-corrected chi connectivity index (χ2v) is 13.4. The molecule has 2 fully saturated rings. The van der Waals surface area contributed by atoms with Crippen molar-refractivity contribution in [2.45, 2.75) is 68.9 Å². The first-order valence-corrected chi connectivity index (χ1v) is 16.3. The molecular formula is C24H34N4O13P2. The number of hydrogen-bond donors (Lipinski definition) is 7. The Bertz CT molecular complexity index is 1360. The summed E-state index contributed by atoms with van der Waals surface area (Å²) in [6.45, 7) is 0.553. The normalized spacial score (nSPS) is 29.7. The number of aromatic nitrogens is 2. The molecule has 238 valence electrons. The fourth-order valence-corrected chi connectivity index (χ4v) is 7.60. The fraction of sp³-hybridized carbons (Fsp3) is 0.542. The molecule has 1 aromatic heterocycles. The zero-order valence-corrected chi connectivity index (χ0v) is 24.6. The quantitative estimate of drug-likeness (QED) is 0.129. The zero-order valence-electron chi connectivity index (χ0n) is 22.9. The number of ether oxygens (including phenoxy) is 2. The molecule has 2 heterocycles. The number of rotatable bonds is 12. The summed E-state index contributed by atoms with van der Waals surface area (Å²) in [6, 6.07) is 9.66. The molecule has 8 N–H and O–H groups in total. The summed E-state index contributed by atoms with van der Waals surface area (Å²) in [5.74, 6) is -3.65. The largest absolute Gasteiger partial charge is 0.630 e. The van der Waals surface area contributed by atoms with E-state index < -0.39 is 82.4 Å². The number of benzene rings is 1. The molecule has 1 aromatic carbocycles. The maximum atomic E-state index is 12.9. The molecule has 2 aromatic rings. The number of carbonyl (C=O) groups is 1. The number of nitrogens with zero attached hydrogens (tertiary/aromatic N) is 2. The van der Waals surface area contributed by atoms with E-state index in [1.54, 1.807) is 0 Å². The molecular weight excluding hydrogens is 614 g/mol. The highest BCUT2D eigenvalue weighted by atomic mass is 31.2. The van der Waals surface area contributed by atoms with Crippen LogP contribution in [0.2, 0.25) is 0 Å². The molecule has 17 nitrogen and oxygen atoms in total. The van der Waals surface area contributed by atoms with Crippen molar-refractivity contribution in [3.8, 4) is 0 Å². The molecule has 2 unspecified atom stereocenters. The Hall–Kier alpha value is -2.37. The smallest absolute Gasteiger partial charge is 0.475 e. The molecule has 1 amide bonds. The topological polar surface area (TPSA) is 268 Å². The summed E-state index contributed by atoms with van der Waals surface area (Å²) in [6.07, 6.45) is -5.85. The van der Waals surface area contributed by atoms with E-state index in [4.69, 9.17) is 24.3 Å². The fourth-order valence-electron chi connectivity index (χ4n) is 5.12. The zero-order chi connectivity index (χ0) is 31.5. The molecule has 2 aliphatic rings. The molecule has 0 bridgehead atoms. The Morgan fingerprint density at radius 2 is 1.95 bits per heavy atom. The van der Waals surface area contributed by atoms with Gasteiger partial charge in [0.15, 0.2) is 6.23 Å². The van der Waals surface area contributed by atoms with Crippen molar-refractivity contribution in [2.75, 3.05) is 12.3 Å². The van der Waals surface area contributed by atoms with Crippen LogP contribution in [0.5, 0.6) is 0 Å². The van der Waals surface area contributed by atoms with Crippen LogP contribution in [0.4, 0.5) is 5.82 Å². The van der Waals surface area contributed by atoms with Gasteiger partial charge in [0.2, 0.25) is 11.8 Å². The molecule has 0 spiro atoms. The molecule has 1 aliphatic carbocycles. The number of phosphoric ester groups is 1. The number of phosphoric acid groups is 1. The number of nitrogens with one attached hydrogen (secondary N) is 1. The summed E-state index contributed by atoms with van der Waals surface area (Å²) in [7, 11) is -10.4. The van der Waals surface area contributed by atoms with Gasteiger partial charge in [0.05, 0.1) is 25.4 Å². The van der Waals surface area contributed by atoms with Crippen LogP contribution < -0.4 is 21.6 Å². The monoisotopic (exact) mass is 648 g/mol. The van der Waals surface area contributed by atoms with Crippen LogP contribution >= 0.6 is 15.8 Å². The number of hydrogen-bond acceptors (Lipinski definition) is 14. The van der Waals surface area contributed by atoms with Crippen molar-refractivity contribution >= 4 is 27.5 Å². The minimum Gasteiger partial charge on any atom is -0.630 e. The van der Waals surface area contributed by atoms with Crippen molar-refractivity contribution in [3.63, 3.8) is 0 Å². The SMILES string of the molecule is CC(=O)N[C@@H]1C[C@@H](C(OP(=O)(O)OC[C@H]2O[C@@H](n3ccc(N)nc3=O)[C@H](O)[C@@H]2O)[P+]([O-])(O)O)C[C@H]1OCc1ccccc1. The standard InChI is InChI=1S/C24H34N4O13P2/c1-13(29)26-16-9-15(10-17(16)38-11-14-5-3-2-4-6-14)23(42(33,34)35)41-43(36,37)39-12-18-20(30)21(31)22(40-18)28-8-7-19(25)27-24(28)32/h2-8,15-18,20-23,30-31H,9-12H2,1H3,(H,26,29)(H,36,37)(H2,25,27,32)(H2,33,34,35)/t15-,16-,17-,18-,20-,21-,22-,23?/m1/s1. The van der Waals surface area contributed by atoms with Gasteiger partial charge in [-0.2, -0.15) is 4.98 Å². The molecule has 1 saturated heterocycles. The van der Waals surface area contributed by atoms with Gasteiger partial charge in [-0.15, -0.1) is 0 Å². The first kappa shape index (κ1) is 33.5. The van der Waals surface area contributed by atoms with E-state index >= 15 is 0 Å². The Morgan fingerprint density at radius 1 is 1.26 bits per heavy atom. The van der Waals surface area contributed by atoms with Gasteiger partial charge < -0.3 is 40.5 Å². The van der Waals surface area contributed by atoms with E-state index in [0.717, 1.165) is 10.1 Å². The third-order valence-corrected chi connectivity index (χ3v) is 9.40. The lowest BCUT2D eigenvalue weighted by atomic mass is 10.1. The minimum atomic E-state index is -5.22. The van der Waals surface area contributed by atoms with Gasteiger partial charge in [-0.3, -0.25) is 13.9 Å². The van der Waals surface area contributed by atoms with Gasteiger partial charge in [-0.1, -0.05) is 30.3 Å². The lowest BCUT2D eigenvalue weighted by Gasteiger charge is -2.30. The van der Waals surface area contributed by atoms with Gasteiger partial charge in [-0.05, 0) is 24.5 Å². The van der Waals surface area contributed by atoms with E-state index in [-0.39, 0.29) is 25.3 Å². The lowest BCUT2D eigenvalue weighted by molar-refractivity contribution is -0.219. The molecule has 1 aliphatic heterocycles. The van der Waals surface area contributed by atoms with Crippen LogP contribution in [0.3, 0.4) is 0 Å². The number of nitrogen functional groups attached to an aromatic ring is 1. The average molecular weight is 648 g/mol. The third-order valence-electron chi connectivity index (χ3n) is 7.08. The van der Waals surface area contributed by atoms with Crippen LogP contribution in [0.25, 0.3) is 0 Å². The predicted molar refractivity (Wildman–Crippen MR) is 146 cm³/mol. The first-order valence-electron chi connectivity index (χ1n) is 13.1. The molecule has 4 rings (SSSR count). The Labute approximate surface area is 246 Å². The molecule has 9 atom stereocenters. The van der Waals surface area contributed by atoms with Crippen LogP contribution in [0.1, 0.15) is 31.6 Å². The number of carbonyl (C=O) groups excluding carboxylic acids is 1. The summed E-state index contributed by atoms with van der Waals surface area (Å²) in [5, 5.41) is 23.4. The Morgan fingerprint density at radius 3 is 2.58 bits per heavy atom. The van der Waals surface area contributed by atoms with E-state index in [0.29, 0.717) is 0 Å². The van der Waals surface area contributed by atoms with Gasteiger partial charge in [0, 0.05) is 19.0 Å². The van der Waals surface area contributed by atoms with Crippen molar-refractivity contribution < 1.29 is 57.7 Å². The molecule has 19 heteroatoms. The predicted octanol–water partition coefficient (Wildman–Crippen LogP) is -1.49. The maximum Gasteiger partial charge on any atom is 0.475 e. The minimum absolute atomic E-state index is 0.0315. The number of aliphatic hydroxyl groups is 2. The Balaban J connectivity index is 1.42. The van der Waals surface area contributed by atoms with E-state index in [2.05, 4.69) is 10.3 Å². The lowest BCUT2D eigenvalue weighted by Crippen LogP contribution is -2.40. The summed E-state index contributed by atoms with van der Waals surface area (Å²) < 4.78 is 35.0. The van der Waals surface area contributed by atoms with Gasteiger partial charge >= 0.3 is 13.5 Å². The van der Waals surface area contributed by atoms with Crippen molar-refractivity contribution in [1.29, 1.82) is 0 Å². The van der Waals surface area contributed by atoms with E-state index in [1.807, 2.05) is 30.3 Å². The van der Waals surface area contributed by atoms with E-state index in [9.17, 15) is 43.9 Å². The maximum absolute atomic E-state index is 12.9. The van der Waals surface area contributed by atoms with Crippen LogP contribution in [-0.4, -0.2) is 83.3 Å². The highest BCUT2D eigenvalue weighted by Gasteiger charge is 2.52. The van der Waals surface area contributed by atoms with Crippen LogP contribution in [-0.2, 0) is 34.5 Å². The van der Waals surface area contributed by atoms with Gasteiger partial charge in [0.25, 0.3) is 7.94 Å². The van der Waals surface area contributed by atoms with Crippen molar-refractivity contribution in [3.05, 3.63) is 58.6 Å². The van der Waals surface area contributed by atoms with Gasteiger partial charge in [0.1, 0.15) is 24.1 Å². The highest BCUT2D eigenvalue weighted by Crippen LogP contribution is 2.60. The second-order valence-electron chi connectivity index (χ2n) is 10.3. The second kappa shape index (κ2) is 13.7. The summed E-state index contributed by atoms with van der Waals surface area (Å²) >= 11 is 0. The molecule has 1 saturated carbocycles. The third kappa shape index (κ3) is 8.63. The summed E-state index contributed by atoms with van der Waals surface area (Å²) in [5.41, 5.74) is 5.38. The van der Waals surface area contributed by atoms with Crippen LogP contribution in [0.15, 0.2) is 47.4 Å². The average Bonchev–Trinajstić information content (AvgIpc) is 3.44.